The highest BCUT2D eigenvalue weighted by atomic mass is 19.1. The molecule has 9 heteroatoms. The number of aromatic nitrogens is 3. The van der Waals surface area contributed by atoms with Crippen molar-refractivity contribution in [3.8, 4) is 0 Å². The van der Waals surface area contributed by atoms with Gasteiger partial charge in [0, 0.05) is 17.6 Å². The average Bonchev–Trinajstić information content (AvgIpc) is 3.15. The Hall–Kier alpha value is -2.94. The molecule has 1 fully saturated rings. The van der Waals surface area contributed by atoms with Crippen LogP contribution in [0.15, 0.2) is 18.3 Å². The number of carbonyl (C=O) groups is 1. The Kier molecular flexibility index (Phi) is 4.99. The zero-order valence-corrected chi connectivity index (χ0v) is 15.4. The van der Waals surface area contributed by atoms with E-state index < -0.39 is 11.7 Å². The highest BCUT2D eigenvalue weighted by Crippen LogP contribution is 2.31. The van der Waals surface area contributed by atoms with Crippen LogP contribution in [0, 0.1) is 5.82 Å². The molecule has 0 spiro atoms. The van der Waals surface area contributed by atoms with E-state index in [1.54, 1.807) is 6.20 Å². The van der Waals surface area contributed by atoms with Crippen molar-refractivity contribution < 1.29 is 9.18 Å². The fourth-order valence-electron chi connectivity index (χ4n) is 3.87. The number of halogens is 1. The SMILES string of the molecule is NC(=O)c1cc(F)c(NC2CCCCC2N)nc1NC1CC=Cc2[nH]ncc21. The van der Waals surface area contributed by atoms with Gasteiger partial charge < -0.3 is 22.1 Å². The van der Waals surface area contributed by atoms with Gasteiger partial charge in [-0.1, -0.05) is 18.9 Å². The molecular formula is C19H24FN7O. The Morgan fingerprint density at radius 1 is 1.25 bits per heavy atom. The van der Waals surface area contributed by atoms with Crippen LogP contribution >= 0.6 is 0 Å². The number of aromatic amines is 1. The van der Waals surface area contributed by atoms with Crippen molar-refractivity contribution >= 4 is 23.6 Å². The van der Waals surface area contributed by atoms with Crippen LogP contribution in [0.1, 0.15) is 59.8 Å². The van der Waals surface area contributed by atoms with E-state index in [4.69, 9.17) is 11.5 Å². The third-order valence-electron chi connectivity index (χ3n) is 5.43. The number of fused-ring (bicyclic) bond motifs is 1. The van der Waals surface area contributed by atoms with E-state index in [9.17, 15) is 9.18 Å². The molecule has 2 aromatic rings. The van der Waals surface area contributed by atoms with E-state index in [-0.39, 0.29) is 35.3 Å². The van der Waals surface area contributed by atoms with Crippen molar-refractivity contribution in [3.05, 3.63) is 41.0 Å². The zero-order valence-electron chi connectivity index (χ0n) is 15.4. The van der Waals surface area contributed by atoms with E-state index in [1.807, 2.05) is 12.2 Å². The smallest absolute Gasteiger partial charge is 0.252 e. The minimum atomic E-state index is -0.742. The fraction of sp³-hybridized carbons (Fsp3) is 0.421. The van der Waals surface area contributed by atoms with Gasteiger partial charge in [0.2, 0.25) is 0 Å². The van der Waals surface area contributed by atoms with Crippen LogP contribution < -0.4 is 22.1 Å². The number of anilines is 2. The molecule has 0 saturated heterocycles. The van der Waals surface area contributed by atoms with Gasteiger partial charge in [-0.3, -0.25) is 9.89 Å². The van der Waals surface area contributed by atoms with Crippen molar-refractivity contribution in [1.29, 1.82) is 0 Å². The predicted molar refractivity (Wildman–Crippen MR) is 105 cm³/mol. The molecule has 3 unspecified atom stereocenters. The van der Waals surface area contributed by atoms with Crippen molar-refractivity contribution in [2.45, 2.75) is 50.2 Å². The predicted octanol–water partition coefficient (Wildman–Crippen LogP) is 2.29. The lowest BCUT2D eigenvalue weighted by Crippen LogP contribution is -2.43. The summed E-state index contributed by atoms with van der Waals surface area (Å²) in [4.78, 5) is 16.2. The highest BCUT2D eigenvalue weighted by Gasteiger charge is 2.26. The number of nitrogens with zero attached hydrogens (tertiary/aromatic N) is 2. The molecule has 2 aromatic heterocycles. The first-order chi connectivity index (χ1) is 13.5. The molecule has 3 atom stereocenters. The molecule has 0 aromatic carbocycles. The summed E-state index contributed by atoms with van der Waals surface area (Å²) in [5.41, 5.74) is 13.5. The van der Waals surface area contributed by atoms with Gasteiger partial charge in [-0.15, -0.1) is 0 Å². The molecule has 28 heavy (non-hydrogen) atoms. The number of H-pyrrole nitrogens is 1. The Labute approximate surface area is 162 Å². The number of hydrogen-bond donors (Lipinski definition) is 5. The summed E-state index contributed by atoms with van der Waals surface area (Å²) < 4.78 is 14.6. The molecule has 0 radical (unpaired) electrons. The Morgan fingerprint density at radius 3 is 2.86 bits per heavy atom. The van der Waals surface area contributed by atoms with Crippen molar-refractivity contribution in [2.75, 3.05) is 10.6 Å². The Morgan fingerprint density at radius 2 is 2.07 bits per heavy atom. The van der Waals surface area contributed by atoms with E-state index >= 15 is 0 Å². The van der Waals surface area contributed by atoms with Gasteiger partial charge in [0.25, 0.3) is 5.91 Å². The summed E-state index contributed by atoms with van der Waals surface area (Å²) in [6.07, 6.45) is 10.2. The van der Waals surface area contributed by atoms with Gasteiger partial charge in [-0.25, -0.2) is 9.37 Å². The summed E-state index contributed by atoms with van der Waals surface area (Å²) in [6.45, 7) is 0. The van der Waals surface area contributed by atoms with Crippen LogP contribution in [0.25, 0.3) is 6.08 Å². The van der Waals surface area contributed by atoms with Crippen LogP contribution in [0.5, 0.6) is 0 Å². The highest BCUT2D eigenvalue weighted by molar-refractivity contribution is 5.98. The maximum Gasteiger partial charge on any atom is 0.252 e. The van der Waals surface area contributed by atoms with Crippen LogP contribution in [-0.2, 0) is 0 Å². The third kappa shape index (κ3) is 3.57. The molecule has 2 aliphatic rings. The fourth-order valence-corrected chi connectivity index (χ4v) is 3.87. The van der Waals surface area contributed by atoms with Crippen molar-refractivity contribution in [3.63, 3.8) is 0 Å². The normalized spacial score (nSPS) is 23.9. The number of hydrogen-bond acceptors (Lipinski definition) is 6. The topological polar surface area (TPSA) is 135 Å². The number of amides is 1. The number of rotatable bonds is 5. The molecule has 148 valence electrons. The lowest BCUT2D eigenvalue weighted by Gasteiger charge is -2.30. The second-order valence-corrected chi connectivity index (χ2v) is 7.35. The molecule has 0 aliphatic heterocycles. The van der Waals surface area contributed by atoms with E-state index in [0.29, 0.717) is 6.42 Å². The number of primary amides is 1. The summed E-state index contributed by atoms with van der Waals surface area (Å²) in [5.74, 6) is -1.04. The Bertz CT molecular complexity index is 910. The average molecular weight is 385 g/mol. The third-order valence-corrected chi connectivity index (χ3v) is 5.43. The van der Waals surface area contributed by atoms with Crippen LogP contribution in [0.2, 0.25) is 0 Å². The minimum absolute atomic E-state index is 0.00981. The van der Waals surface area contributed by atoms with Crippen LogP contribution in [0.3, 0.4) is 0 Å². The summed E-state index contributed by atoms with van der Waals surface area (Å²) in [7, 11) is 0. The summed E-state index contributed by atoms with van der Waals surface area (Å²) in [6, 6.07) is 0.864. The maximum atomic E-state index is 14.6. The standard InChI is InChI=1S/C19H24FN7O/c20-12-8-10(17(22)28)18(24-14-6-3-7-15-11(14)9-23-27-15)26-19(12)25-16-5-2-1-4-13(16)21/h3,7-9,13-14,16H,1-2,4-6,21H2,(H2,22,28)(H,23,27)(H2,24,25,26). The molecule has 0 bridgehead atoms. The minimum Gasteiger partial charge on any atom is -0.365 e. The lowest BCUT2D eigenvalue weighted by molar-refractivity contribution is 0.100. The lowest BCUT2D eigenvalue weighted by atomic mass is 9.91. The molecule has 1 saturated carbocycles. The maximum absolute atomic E-state index is 14.6. The van der Waals surface area contributed by atoms with Gasteiger partial charge >= 0.3 is 0 Å². The van der Waals surface area contributed by atoms with Crippen molar-refractivity contribution in [1.82, 2.24) is 15.2 Å². The first-order valence-corrected chi connectivity index (χ1v) is 9.51. The molecule has 1 amide bonds. The second-order valence-electron chi connectivity index (χ2n) is 7.35. The van der Waals surface area contributed by atoms with Crippen molar-refractivity contribution in [2.24, 2.45) is 11.5 Å². The summed E-state index contributed by atoms with van der Waals surface area (Å²) >= 11 is 0. The molecular weight excluding hydrogens is 361 g/mol. The monoisotopic (exact) mass is 385 g/mol. The van der Waals surface area contributed by atoms with Gasteiger partial charge in [0.1, 0.15) is 5.82 Å². The molecule has 7 N–H and O–H groups in total. The molecule has 2 aliphatic carbocycles. The number of nitrogens with two attached hydrogens (primary N) is 2. The second kappa shape index (κ2) is 7.59. The number of carbonyl (C=O) groups excluding carboxylic acids is 1. The quantitative estimate of drug-likeness (QED) is 0.536. The summed E-state index contributed by atoms with van der Waals surface area (Å²) in [5, 5.41) is 13.3. The van der Waals surface area contributed by atoms with Crippen LogP contribution in [-0.4, -0.2) is 33.2 Å². The number of nitrogens with one attached hydrogen (secondary N) is 3. The van der Waals surface area contributed by atoms with E-state index in [2.05, 4.69) is 25.8 Å². The zero-order chi connectivity index (χ0) is 19.7. The van der Waals surface area contributed by atoms with Gasteiger partial charge in [-0.2, -0.15) is 5.10 Å². The van der Waals surface area contributed by atoms with E-state index in [1.165, 1.54) is 0 Å². The molecule has 2 heterocycles. The van der Waals surface area contributed by atoms with Crippen LogP contribution in [0.4, 0.5) is 16.0 Å². The molecule has 8 nitrogen and oxygen atoms in total. The van der Waals surface area contributed by atoms with Gasteiger partial charge in [0.05, 0.1) is 23.5 Å². The van der Waals surface area contributed by atoms with Gasteiger partial charge in [0.15, 0.2) is 11.6 Å². The largest absolute Gasteiger partial charge is 0.365 e. The van der Waals surface area contributed by atoms with Gasteiger partial charge in [-0.05, 0) is 31.4 Å². The molecule has 4 rings (SSSR count). The first-order valence-electron chi connectivity index (χ1n) is 9.51. The first kappa shape index (κ1) is 18.4. The number of pyridine rings is 1. The van der Waals surface area contributed by atoms with E-state index in [0.717, 1.165) is 43.0 Å². The Balaban J connectivity index is 1.63.